The molecule has 1 aromatic heterocycles. The van der Waals surface area contributed by atoms with Crippen molar-refractivity contribution in [3.05, 3.63) is 102 Å². The first-order valence-corrected chi connectivity index (χ1v) is 13.6. The highest BCUT2D eigenvalue weighted by Crippen LogP contribution is 2.24. The number of amides is 1. The Bertz CT molecular complexity index is 1510. The molecule has 1 fully saturated rings. The molecule has 0 N–H and O–H groups in total. The van der Waals surface area contributed by atoms with Gasteiger partial charge < -0.3 is 9.47 Å². The van der Waals surface area contributed by atoms with Crippen LogP contribution in [0.15, 0.2) is 83.9 Å². The summed E-state index contributed by atoms with van der Waals surface area (Å²) in [6.45, 7) is 1.61. The molecule has 0 atom stereocenters. The zero-order valence-corrected chi connectivity index (χ0v) is 21.0. The number of carbonyl (C=O) groups excluding carboxylic acids is 1. The van der Waals surface area contributed by atoms with Gasteiger partial charge in [0.25, 0.3) is 0 Å². The first-order chi connectivity index (χ1) is 17.8. The highest BCUT2D eigenvalue weighted by molar-refractivity contribution is 7.89. The molecule has 1 amide bonds. The number of aryl methyl sites for hydroxylation is 1. The van der Waals surface area contributed by atoms with E-state index in [4.69, 9.17) is 0 Å². The van der Waals surface area contributed by atoms with Gasteiger partial charge in [0.2, 0.25) is 15.9 Å². The van der Waals surface area contributed by atoms with Crippen molar-refractivity contribution in [2.24, 2.45) is 0 Å². The summed E-state index contributed by atoms with van der Waals surface area (Å²) in [5.74, 6) is -0.781. The quantitative estimate of drug-likeness (QED) is 0.360. The fourth-order valence-corrected chi connectivity index (χ4v) is 6.19. The Morgan fingerprint density at radius 1 is 0.811 bits per heavy atom. The van der Waals surface area contributed by atoms with Gasteiger partial charge >= 0.3 is 0 Å². The summed E-state index contributed by atoms with van der Waals surface area (Å²) in [6.07, 6.45) is 2.92. The summed E-state index contributed by atoms with van der Waals surface area (Å²) < 4.78 is 55.6. The van der Waals surface area contributed by atoms with Gasteiger partial charge in [-0.1, -0.05) is 30.3 Å². The third kappa shape index (κ3) is 5.42. The number of hydrogen-bond acceptors (Lipinski definition) is 3. The van der Waals surface area contributed by atoms with Gasteiger partial charge in [-0.3, -0.25) is 4.79 Å². The molecule has 3 aromatic carbocycles. The van der Waals surface area contributed by atoms with Crippen LogP contribution < -0.4 is 0 Å². The van der Waals surface area contributed by atoms with Crippen molar-refractivity contribution in [1.82, 2.24) is 13.8 Å². The molecular weight excluding hydrogens is 496 g/mol. The average Bonchev–Trinajstić information content (AvgIpc) is 3.26. The van der Waals surface area contributed by atoms with Crippen LogP contribution in [0.2, 0.25) is 0 Å². The van der Waals surface area contributed by atoms with Crippen molar-refractivity contribution in [3.8, 4) is 0 Å². The number of carbonyl (C=O) groups is 1. The Hall–Kier alpha value is -3.56. The number of piperazine rings is 1. The molecule has 0 radical (unpaired) electrons. The Morgan fingerprint density at radius 2 is 1.43 bits per heavy atom. The molecule has 1 aliphatic heterocycles. The predicted octanol–water partition coefficient (Wildman–Crippen LogP) is 4.43. The number of hydrogen-bond donors (Lipinski definition) is 0. The number of aromatic nitrogens is 1. The number of halogens is 2. The van der Waals surface area contributed by atoms with Gasteiger partial charge in [-0.25, -0.2) is 17.2 Å². The number of nitrogens with zero attached hydrogens (tertiary/aromatic N) is 3. The first-order valence-electron chi connectivity index (χ1n) is 12.2. The first kappa shape index (κ1) is 25.1. The van der Waals surface area contributed by atoms with Crippen molar-refractivity contribution >= 4 is 26.8 Å². The maximum absolute atomic E-state index is 13.3. The highest BCUT2D eigenvalue weighted by Gasteiger charge is 2.30. The average molecular weight is 524 g/mol. The lowest BCUT2D eigenvalue weighted by molar-refractivity contribution is -0.132. The molecule has 0 aliphatic carbocycles. The van der Waals surface area contributed by atoms with Crippen molar-refractivity contribution in [3.63, 3.8) is 0 Å². The molecular formula is C28H27F2N3O3S. The fraction of sp³-hybridized carbons (Fsp3) is 0.250. The van der Waals surface area contributed by atoms with E-state index in [0.717, 1.165) is 34.2 Å². The summed E-state index contributed by atoms with van der Waals surface area (Å²) in [4.78, 5) is 14.7. The third-order valence-corrected chi connectivity index (χ3v) is 8.70. The van der Waals surface area contributed by atoms with Gasteiger partial charge in [-0.2, -0.15) is 4.31 Å². The second-order valence-corrected chi connectivity index (χ2v) is 11.1. The van der Waals surface area contributed by atoms with Crippen molar-refractivity contribution < 1.29 is 22.0 Å². The Morgan fingerprint density at radius 3 is 2.11 bits per heavy atom. The summed E-state index contributed by atoms with van der Waals surface area (Å²) >= 11 is 0. The number of benzene rings is 3. The second kappa shape index (κ2) is 10.4. The van der Waals surface area contributed by atoms with E-state index < -0.39 is 15.8 Å². The lowest BCUT2D eigenvalue weighted by atomic mass is 10.1. The largest absolute Gasteiger partial charge is 0.343 e. The fourth-order valence-electron chi connectivity index (χ4n) is 4.77. The Kier molecular flexibility index (Phi) is 7.08. The molecule has 0 unspecified atom stereocenters. The standard InChI is InChI=1S/C28H27F2N3O3S/c29-23-8-5-21(6-9-23)19-32-20-22(26-3-1-2-4-27(26)32)7-14-28(34)31-15-17-33(18-16-31)37(35,36)25-12-10-24(30)11-13-25/h1-6,8-13,20H,7,14-19H2. The van der Waals surface area contributed by atoms with Gasteiger partial charge in [0.05, 0.1) is 4.90 Å². The van der Waals surface area contributed by atoms with E-state index >= 15 is 0 Å². The third-order valence-electron chi connectivity index (χ3n) is 6.79. The molecule has 1 aliphatic rings. The van der Waals surface area contributed by atoms with Gasteiger partial charge in [0.1, 0.15) is 11.6 Å². The molecule has 4 aromatic rings. The van der Waals surface area contributed by atoms with Crippen LogP contribution in [0.1, 0.15) is 17.5 Å². The monoisotopic (exact) mass is 523 g/mol. The molecule has 0 saturated carbocycles. The molecule has 0 bridgehead atoms. The second-order valence-electron chi connectivity index (χ2n) is 9.16. The summed E-state index contributed by atoms with van der Waals surface area (Å²) in [7, 11) is -3.73. The van der Waals surface area contributed by atoms with Crippen LogP contribution in [0.4, 0.5) is 8.78 Å². The normalized spacial score (nSPS) is 14.8. The van der Waals surface area contributed by atoms with E-state index in [1.165, 1.54) is 28.6 Å². The lowest BCUT2D eigenvalue weighted by Crippen LogP contribution is -2.50. The van der Waals surface area contributed by atoms with E-state index in [-0.39, 0.29) is 29.7 Å². The topological polar surface area (TPSA) is 62.6 Å². The summed E-state index contributed by atoms with van der Waals surface area (Å²) in [5, 5.41) is 1.08. The zero-order valence-electron chi connectivity index (χ0n) is 20.2. The van der Waals surface area contributed by atoms with Crippen molar-refractivity contribution in [2.45, 2.75) is 24.3 Å². The van der Waals surface area contributed by atoms with Crippen LogP contribution in [-0.4, -0.2) is 54.3 Å². The van der Waals surface area contributed by atoms with E-state index in [9.17, 15) is 22.0 Å². The SMILES string of the molecule is O=C(CCc1cn(Cc2ccc(F)cc2)c2ccccc12)N1CCN(S(=O)(=O)c2ccc(F)cc2)CC1. The number of sulfonamides is 1. The minimum Gasteiger partial charge on any atom is -0.343 e. The highest BCUT2D eigenvalue weighted by atomic mass is 32.2. The van der Waals surface area contributed by atoms with Crippen LogP contribution in [0, 0.1) is 11.6 Å². The molecule has 37 heavy (non-hydrogen) atoms. The number of para-hydroxylation sites is 1. The Labute approximate surface area is 214 Å². The maximum Gasteiger partial charge on any atom is 0.243 e. The Balaban J connectivity index is 1.22. The summed E-state index contributed by atoms with van der Waals surface area (Å²) in [6, 6.07) is 19.2. The van der Waals surface area contributed by atoms with Gasteiger partial charge in [0, 0.05) is 56.2 Å². The van der Waals surface area contributed by atoms with Crippen LogP contribution in [0.25, 0.3) is 10.9 Å². The van der Waals surface area contributed by atoms with E-state index in [1.54, 1.807) is 17.0 Å². The minimum atomic E-state index is -3.73. The van der Waals surface area contributed by atoms with E-state index in [1.807, 2.05) is 24.3 Å². The molecule has 192 valence electrons. The van der Waals surface area contributed by atoms with E-state index in [2.05, 4.69) is 10.8 Å². The smallest absolute Gasteiger partial charge is 0.243 e. The molecule has 1 saturated heterocycles. The van der Waals surface area contributed by atoms with Gasteiger partial charge in [-0.15, -0.1) is 0 Å². The van der Waals surface area contributed by atoms with Crippen LogP contribution in [-0.2, 0) is 27.8 Å². The van der Waals surface area contributed by atoms with Crippen LogP contribution >= 0.6 is 0 Å². The van der Waals surface area contributed by atoms with Crippen molar-refractivity contribution in [2.75, 3.05) is 26.2 Å². The molecule has 9 heteroatoms. The van der Waals surface area contributed by atoms with E-state index in [0.29, 0.717) is 32.5 Å². The van der Waals surface area contributed by atoms with Crippen LogP contribution in [0.5, 0.6) is 0 Å². The molecule has 0 spiro atoms. The van der Waals surface area contributed by atoms with Gasteiger partial charge in [0.15, 0.2) is 0 Å². The summed E-state index contributed by atoms with van der Waals surface area (Å²) in [5.41, 5.74) is 3.09. The van der Waals surface area contributed by atoms with Crippen molar-refractivity contribution in [1.29, 1.82) is 0 Å². The minimum absolute atomic E-state index is 0.0193. The number of fused-ring (bicyclic) bond motifs is 1. The molecule has 5 rings (SSSR count). The maximum atomic E-state index is 13.3. The molecule has 2 heterocycles. The zero-order chi connectivity index (χ0) is 26.0. The molecule has 6 nitrogen and oxygen atoms in total. The number of rotatable bonds is 7. The van der Waals surface area contributed by atoms with Gasteiger partial charge in [-0.05, 0) is 60.0 Å². The van der Waals surface area contributed by atoms with Crippen LogP contribution in [0.3, 0.4) is 0 Å². The predicted molar refractivity (Wildman–Crippen MR) is 137 cm³/mol. The lowest BCUT2D eigenvalue weighted by Gasteiger charge is -2.34.